The van der Waals surface area contributed by atoms with Gasteiger partial charge in [0.05, 0.1) is 6.04 Å². The van der Waals surface area contributed by atoms with E-state index in [0.717, 1.165) is 5.56 Å². The van der Waals surface area contributed by atoms with E-state index >= 15 is 0 Å². The molecule has 0 aliphatic heterocycles. The lowest BCUT2D eigenvalue weighted by molar-refractivity contribution is -0.117. The van der Waals surface area contributed by atoms with Crippen LogP contribution in [0.1, 0.15) is 24.4 Å². The molecule has 0 aliphatic carbocycles. The summed E-state index contributed by atoms with van der Waals surface area (Å²) in [5, 5.41) is 11.8. The molecule has 20 heavy (non-hydrogen) atoms. The summed E-state index contributed by atoms with van der Waals surface area (Å²) in [6.45, 7) is 1.87. The van der Waals surface area contributed by atoms with Crippen molar-refractivity contribution in [2.24, 2.45) is 0 Å². The van der Waals surface area contributed by atoms with Gasteiger partial charge in [-0.15, -0.1) is 0 Å². The molecule has 1 aromatic carbocycles. The Morgan fingerprint density at radius 1 is 1.45 bits per heavy atom. The Bertz CT molecular complexity index is 638. The van der Waals surface area contributed by atoms with Gasteiger partial charge < -0.3 is 10.3 Å². The van der Waals surface area contributed by atoms with Crippen LogP contribution in [0.3, 0.4) is 0 Å². The number of nitrogens with zero attached hydrogens (tertiary/aromatic N) is 2. The third kappa shape index (κ3) is 3.33. The second-order valence-corrected chi connectivity index (χ2v) is 4.25. The Balaban J connectivity index is 2.09. The van der Waals surface area contributed by atoms with Gasteiger partial charge in [-0.1, -0.05) is 30.3 Å². The van der Waals surface area contributed by atoms with E-state index in [2.05, 4.69) is 15.3 Å². The van der Waals surface area contributed by atoms with E-state index in [4.69, 9.17) is 5.26 Å². The minimum Gasteiger partial charge on any atom is -0.345 e. The lowest BCUT2D eigenvalue weighted by atomic mass is 10.1. The first-order valence-corrected chi connectivity index (χ1v) is 6.17. The number of aromatic nitrogens is 2. The van der Waals surface area contributed by atoms with E-state index in [9.17, 15) is 4.79 Å². The predicted octanol–water partition coefficient (Wildman–Crippen LogP) is 2.19. The number of carbonyl (C=O) groups is 1. The molecule has 0 fully saturated rings. The van der Waals surface area contributed by atoms with Gasteiger partial charge in [0.25, 0.3) is 5.91 Å². The number of nitrogens with one attached hydrogen (secondary N) is 2. The average Bonchev–Trinajstić information content (AvgIpc) is 2.98. The first kappa shape index (κ1) is 13.6. The molecule has 1 atom stereocenters. The van der Waals surface area contributed by atoms with E-state index in [-0.39, 0.29) is 11.6 Å². The quantitative estimate of drug-likeness (QED) is 0.657. The predicted molar refractivity (Wildman–Crippen MR) is 75.2 cm³/mol. The van der Waals surface area contributed by atoms with Gasteiger partial charge in [-0.05, 0) is 12.5 Å². The van der Waals surface area contributed by atoms with E-state index < -0.39 is 5.91 Å². The van der Waals surface area contributed by atoms with E-state index in [1.165, 1.54) is 6.08 Å². The molecule has 1 amide bonds. The van der Waals surface area contributed by atoms with E-state index in [1.54, 1.807) is 12.4 Å². The maximum atomic E-state index is 12.0. The largest absolute Gasteiger partial charge is 0.345 e. The van der Waals surface area contributed by atoms with Crippen LogP contribution >= 0.6 is 0 Å². The van der Waals surface area contributed by atoms with Crippen LogP contribution < -0.4 is 5.32 Å². The van der Waals surface area contributed by atoms with Crippen molar-refractivity contribution in [3.8, 4) is 6.07 Å². The van der Waals surface area contributed by atoms with Gasteiger partial charge in [0.2, 0.25) is 0 Å². The second-order valence-electron chi connectivity index (χ2n) is 4.25. The summed E-state index contributed by atoms with van der Waals surface area (Å²) in [5.74, 6) is 0.0596. The number of carbonyl (C=O) groups excluding carboxylic acids is 1. The molecule has 5 nitrogen and oxygen atoms in total. The lowest BCUT2D eigenvalue weighted by Gasteiger charge is -2.13. The molecule has 0 aliphatic rings. The summed E-state index contributed by atoms with van der Waals surface area (Å²) >= 11 is 0. The van der Waals surface area contributed by atoms with Gasteiger partial charge in [-0.25, -0.2) is 4.98 Å². The first-order valence-electron chi connectivity index (χ1n) is 6.17. The molecule has 2 N–H and O–H groups in total. The molecule has 1 heterocycles. The fourth-order valence-corrected chi connectivity index (χ4v) is 1.74. The molecule has 100 valence electrons. The Hall–Kier alpha value is -2.87. The van der Waals surface area contributed by atoms with Gasteiger partial charge in [0.15, 0.2) is 0 Å². The van der Waals surface area contributed by atoms with Gasteiger partial charge in [0, 0.05) is 18.5 Å². The molecule has 0 radical (unpaired) electrons. The Morgan fingerprint density at radius 3 is 2.80 bits per heavy atom. The van der Waals surface area contributed by atoms with Crippen molar-refractivity contribution >= 4 is 12.0 Å². The number of hydrogen-bond acceptors (Lipinski definition) is 3. The van der Waals surface area contributed by atoms with Crippen molar-refractivity contribution in [2.75, 3.05) is 0 Å². The number of rotatable bonds is 4. The summed E-state index contributed by atoms with van der Waals surface area (Å²) in [6, 6.07) is 11.3. The first-order chi connectivity index (χ1) is 9.70. The molecule has 1 aromatic heterocycles. The van der Waals surface area contributed by atoms with Gasteiger partial charge in [-0.2, -0.15) is 5.26 Å². The Kier molecular flexibility index (Phi) is 4.30. The Labute approximate surface area is 117 Å². The van der Waals surface area contributed by atoms with Crippen LogP contribution in [0, 0.1) is 11.3 Å². The molecule has 0 saturated carbocycles. The third-order valence-corrected chi connectivity index (χ3v) is 2.81. The highest BCUT2D eigenvalue weighted by Crippen LogP contribution is 2.12. The van der Waals surface area contributed by atoms with Crippen LogP contribution in [0.15, 0.2) is 48.3 Å². The van der Waals surface area contributed by atoms with Crippen LogP contribution in [-0.4, -0.2) is 15.9 Å². The fraction of sp³-hybridized carbons (Fsp3) is 0.133. The number of benzene rings is 1. The van der Waals surface area contributed by atoms with Crippen LogP contribution in [0.2, 0.25) is 0 Å². The lowest BCUT2D eigenvalue weighted by Crippen LogP contribution is -2.27. The van der Waals surface area contributed by atoms with Crippen molar-refractivity contribution in [1.82, 2.24) is 15.3 Å². The summed E-state index contributed by atoms with van der Waals surface area (Å²) < 4.78 is 0. The van der Waals surface area contributed by atoms with Crippen molar-refractivity contribution in [2.45, 2.75) is 13.0 Å². The molecular formula is C15H14N4O. The van der Waals surface area contributed by atoms with E-state index in [0.29, 0.717) is 5.82 Å². The van der Waals surface area contributed by atoms with Crippen LogP contribution in [0.5, 0.6) is 0 Å². The molecule has 0 unspecified atom stereocenters. The number of aromatic amines is 1. The maximum absolute atomic E-state index is 12.0. The van der Waals surface area contributed by atoms with Gasteiger partial charge in [0.1, 0.15) is 17.5 Å². The molecule has 2 rings (SSSR count). The normalized spacial score (nSPS) is 12.5. The van der Waals surface area contributed by atoms with Gasteiger partial charge >= 0.3 is 0 Å². The molecule has 5 heteroatoms. The van der Waals surface area contributed by atoms with Crippen LogP contribution in [-0.2, 0) is 4.79 Å². The summed E-state index contributed by atoms with van der Waals surface area (Å²) in [6.07, 6.45) is 4.61. The maximum Gasteiger partial charge on any atom is 0.262 e. The fourth-order valence-electron chi connectivity index (χ4n) is 1.74. The summed E-state index contributed by atoms with van der Waals surface area (Å²) in [4.78, 5) is 18.8. The summed E-state index contributed by atoms with van der Waals surface area (Å²) in [5.41, 5.74) is 0.999. The molecule has 0 bridgehead atoms. The highest BCUT2D eigenvalue weighted by molar-refractivity contribution is 6.01. The number of amides is 1. The van der Waals surface area contributed by atoms with E-state index in [1.807, 2.05) is 43.3 Å². The molecular weight excluding hydrogens is 252 g/mol. The third-order valence-electron chi connectivity index (χ3n) is 2.81. The zero-order valence-corrected chi connectivity index (χ0v) is 11.0. The highest BCUT2D eigenvalue weighted by Gasteiger charge is 2.13. The molecule has 0 spiro atoms. The Morgan fingerprint density at radius 2 is 2.20 bits per heavy atom. The van der Waals surface area contributed by atoms with Gasteiger partial charge in [-0.3, -0.25) is 4.79 Å². The zero-order chi connectivity index (χ0) is 14.4. The standard InChI is InChI=1S/C15H14N4O/c1-11(12-5-3-2-4-6-12)19-15(20)13(10-16)9-14-17-7-8-18-14/h2-9,11H,1H3,(H,17,18)(H,19,20)/t11-/m0/s1. The summed E-state index contributed by atoms with van der Waals surface area (Å²) in [7, 11) is 0. The highest BCUT2D eigenvalue weighted by atomic mass is 16.1. The van der Waals surface area contributed by atoms with Crippen molar-refractivity contribution in [3.63, 3.8) is 0 Å². The van der Waals surface area contributed by atoms with Crippen molar-refractivity contribution in [3.05, 3.63) is 59.7 Å². The SMILES string of the molecule is C[C@H](NC(=O)C(C#N)=Cc1ncc[nH]1)c1ccccc1. The van der Waals surface area contributed by atoms with Crippen molar-refractivity contribution in [1.29, 1.82) is 5.26 Å². The minimum absolute atomic E-state index is 0.0164. The molecule has 2 aromatic rings. The number of H-pyrrole nitrogens is 1. The average molecular weight is 266 g/mol. The number of hydrogen-bond donors (Lipinski definition) is 2. The topological polar surface area (TPSA) is 81.6 Å². The molecule has 0 saturated heterocycles. The second kappa shape index (κ2) is 6.34. The smallest absolute Gasteiger partial charge is 0.262 e. The van der Waals surface area contributed by atoms with Crippen LogP contribution in [0.4, 0.5) is 0 Å². The number of nitriles is 1. The van der Waals surface area contributed by atoms with Crippen molar-refractivity contribution < 1.29 is 4.79 Å². The minimum atomic E-state index is -0.416. The monoisotopic (exact) mass is 266 g/mol. The van der Waals surface area contributed by atoms with Crippen LogP contribution in [0.25, 0.3) is 6.08 Å². The zero-order valence-electron chi connectivity index (χ0n) is 11.0. The number of imidazole rings is 1.